The standard InChI is InChI=1S/C19H22O/c1-2-3-4-5-6-7-10-15-20-19-14-13-17-11-8-9-12-18(17)16-19/h3-4,6-9,11-14,16H,2,5,10,15H2,1H3/b4-3-,7-6-. The molecule has 2 aromatic carbocycles. The van der Waals surface area contributed by atoms with Gasteiger partial charge in [0.2, 0.25) is 0 Å². The van der Waals surface area contributed by atoms with Crippen LogP contribution in [-0.2, 0) is 0 Å². The molecule has 0 N–H and O–H groups in total. The highest BCUT2D eigenvalue weighted by molar-refractivity contribution is 5.83. The van der Waals surface area contributed by atoms with Crippen LogP contribution < -0.4 is 4.74 Å². The number of hydrogen-bond donors (Lipinski definition) is 0. The van der Waals surface area contributed by atoms with E-state index in [1.807, 2.05) is 6.07 Å². The van der Waals surface area contributed by atoms with Crippen LogP contribution >= 0.6 is 0 Å². The highest BCUT2D eigenvalue weighted by Crippen LogP contribution is 2.20. The second kappa shape index (κ2) is 8.21. The van der Waals surface area contributed by atoms with E-state index in [1.165, 1.54) is 10.8 Å². The van der Waals surface area contributed by atoms with Crippen LogP contribution in [0, 0.1) is 0 Å². The van der Waals surface area contributed by atoms with E-state index in [4.69, 9.17) is 4.74 Å². The average Bonchev–Trinajstić information content (AvgIpc) is 2.50. The third-order valence-corrected chi connectivity index (χ3v) is 3.12. The predicted octanol–water partition coefficient (Wildman–Crippen LogP) is 5.52. The Labute approximate surface area is 121 Å². The minimum atomic E-state index is 0.729. The summed E-state index contributed by atoms with van der Waals surface area (Å²) in [6.45, 7) is 2.88. The molecule has 0 aliphatic heterocycles. The molecule has 0 radical (unpaired) electrons. The first-order valence-corrected chi connectivity index (χ1v) is 7.31. The average molecular weight is 266 g/mol. The summed E-state index contributed by atoms with van der Waals surface area (Å²) >= 11 is 0. The summed E-state index contributed by atoms with van der Waals surface area (Å²) in [5.41, 5.74) is 0. The second-order valence-electron chi connectivity index (χ2n) is 4.73. The normalized spacial score (nSPS) is 11.7. The fraction of sp³-hybridized carbons (Fsp3) is 0.263. The summed E-state index contributed by atoms with van der Waals surface area (Å²) in [7, 11) is 0. The molecule has 2 rings (SSSR count). The molecular formula is C19H22O. The fourth-order valence-electron chi connectivity index (χ4n) is 2.06. The van der Waals surface area contributed by atoms with E-state index in [1.54, 1.807) is 0 Å². The lowest BCUT2D eigenvalue weighted by Crippen LogP contribution is -1.95. The SMILES string of the molecule is CC/C=C\C/C=C\CCOc1ccc2ccccc2c1. The largest absolute Gasteiger partial charge is 0.493 e. The molecule has 0 fully saturated rings. The third-order valence-electron chi connectivity index (χ3n) is 3.12. The van der Waals surface area contributed by atoms with Crippen molar-refractivity contribution in [3.8, 4) is 5.75 Å². The van der Waals surface area contributed by atoms with Gasteiger partial charge in [-0.15, -0.1) is 0 Å². The van der Waals surface area contributed by atoms with Gasteiger partial charge in [-0.25, -0.2) is 0 Å². The molecule has 0 aliphatic carbocycles. The molecule has 0 bridgehead atoms. The van der Waals surface area contributed by atoms with Crippen LogP contribution in [0.3, 0.4) is 0 Å². The maximum Gasteiger partial charge on any atom is 0.119 e. The number of hydrogen-bond acceptors (Lipinski definition) is 1. The number of fused-ring (bicyclic) bond motifs is 1. The van der Waals surface area contributed by atoms with E-state index >= 15 is 0 Å². The van der Waals surface area contributed by atoms with Gasteiger partial charge in [-0.2, -0.15) is 0 Å². The summed E-state index contributed by atoms with van der Waals surface area (Å²) < 4.78 is 5.77. The van der Waals surface area contributed by atoms with E-state index in [0.717, 1.165) is 31.6 Å². The van der Waals surface area contributed by atoms with E-state index in [-0.39, 0.29) is 0 Å². The Morgan fingerprint density at radius 3 is 2.55 bits per heavy atom. The van der Waals surface area contributed by atoms with Crippen molar-refractivity contribution in [2.75, 3.05) is 6.61 Å². The van der Waals surface area contributed by atoms with Crippen LogP contribution in [-0.4, -0.2) is 6.61 Å². The Morgan fingerprint density at radius 2 is 1.70 bits per heavy atom. The van der Waals surface area contributed by atoms with Crippen LogP contribution in [0.2, 0.25) is 0 Å². The minimum Gasteiger partial charge on any atom is -0.493 e. The van der Waals surface area contributed by atoms with Crippen LogP contribution in [0.5, 0.6) is 5.75 Å². The van der Waals surface area contributed by atoms with Gasteiger partial charge < -0.3 is 4.74 Å². The van der Waals surface area contributed by atoms with Crippen molar-refractivity contribution in [3.63, 3.8) is 0 Å². The first-order valence-electron chi connectivity index (χ1n) is 7.31. The Balaban J connectivity index is 1.77. The molecule has 0 saturated heterocycles. The van der Waals surface area contributed by atoms with Crippen LogP contribution in [0.4, 0.5) is 0 Å². The molecule has 0 saturated carbocycles. The molecule has 0 spiro atoms. The zero-order chi connectivity index (χ0) is 14.0. The highest BCUT2D eigenvalue weighted by atomic mass is 16.5. The molecule has 0 aromatic heterocycles. The zero-order valence-electron chi connectivity index (χ0n) is 12.1. The maximum absolute atomic E-state index is 5.77. The molecule has 1 heteroatoms. The second-order valence-corrected chi connectivity index (χ2v) is 4.73. The fourth-order valence-corrected chi connectivity index (χ4v) is 2.06. The van der Waals surface area contributed by atoms with Gasteiger partial charge in [0.25, 0.3) is 0 Å². The summed E-state index contributed by atoms with van der Waals surface area (Å²) in [5, 5.41) is 2.48. The summed E-state index contributed by atoms with van der Waals surface area (Å²) in [5.74, 6) is 0.947. The van der Waals surface area contributed by atoms with E-state index in [2.05, 4.69) is 67.6 Å². The van der Waals surface area contributed by atoms with Gasteiger partial charge in [-0.1, -0.05) is 61.6 Å². The maximum atomic E-state index is 5.77. The Hall–Kier alpha value is -2.02. The van der Waals surface area contributed by atoms with Gasteiger partial charge in [-0.05, 0) is 42.2 Å². The summed E-state index contributed by atoms with van der Waals surface area (Å²) in [6, 6.07) is 14.6. The van der Waals surface area contributed by atoms with Crippen LogP contribution in [0.15, 0.2) is 66.8 Å². The molecule has 0 aliphatic rings. The molecule has 20 heavy (non-hydrogen) atoms. The monoisotopic (exact) mass is 266 g/mol. The molecular weight excluding hydrogens is 244 g/mol. The van der Waals surface area contributed by atoms with Crippen molar-refractivity contribution in [1.82, 2.24) is 0 Å². The number of allylic oxidation sites excluding steroid dienone is 3. The first kappa shape index (κ1) is 14.4. The number of rotatable bonds is 7. The summed E-state index contributed by atoms with van der Waals surface area (Å²) in [6.07, 6.45) is 11.8. The molecule has 104 valence electrons. The highest BCUT2D eigenvalue weighted by Gasteiger charge is 1.95. The van der Waals surface area contributed by atoms with Crippen molar-refractivity contribution in [2.45, 2.75) is 26.2 Å². The van der Waals surface area contributed by atoms with Crippen LogP contribution in [0.25, 0.3) is 10.8 Å². The Bertz CT molecular complexity index is 581. The zero-order valence-corrected chi connectivity index (χ0v) is 12.1. The van der Waals surface area contributed by atoms with Gasteiger partial charge in [0, 0.05) is 0 Å². The predicted molar refractivity (Wildman–Crippen MR) is 87.2 cm³/mol. The number of benzene rings is 2. The van der Waals surface area contributed by atoms with Gasteiger partial charge in [0.1, 0.15) is 5.75 Å². The lowest BCUT2D eigenvalue weighted by Gasteiger charge is -2.05. The van der Waals surface area contributed by atoms with Gasteiger partial charge >= 0.3 is 0 Å². The van der Waals surface area contributed by atoms with Gasteiger partial charge in [0.05, 0.1) is 6.61 Å². The molecule has 1 nitrogen and oxygen atoms in total. The molecule has 2 aromatic rings. The van der Waals surface area contributed by atoms with Crippen molar-refractivity contribution in [1.29, 1.82) is 0 Å². The molecule has 0 amide bonds. The Kier molecular flexibility index (Phi) is 5.91. The molecule has 0 heterocycles. The topological polar surface area (TPSA) is 9.23 Å². The van der Waals surface area contributed by atoms with Crippen LogP contribution in [0.1, 0.15) is 26.2 Å². The quantitative estimate of drug-likeness (QED) is 0.473. The van der Waals surface area contributed by atoms with Gasteiger partial charge in [0.15, 0.2) is 0 Å². The third kappa shape index (κ3) is 4.58. The lowest BCUT2D eigenvalue weighted by atomic mass is 10.1. The first-order chi connectivity index (χ1) is 9.90. The van der Waals surface area contributed by atoms with Crippen molar-refractivity contribution in [3.05, 3.63) is 66.8 Å². The van der Waals surface area contributed by atoms with Crippen molar-refractivity contribution in [2.24, 2.45) is 0 Å². The van der Waals surface area contributed by atoms with E-state index < -0.39 is 0 Å². The Morgan fingerprint density at radius 1 is 0.900 bits per heavy atom. The minimum absolute atomic E-state index is 0.729. The van der Waals surface area contributed by atoms with E-state index in [0.29, 0.717) is 0 Å². The van der Waals surface area contributed by atoms with E-state index in [9.17, 15) is 0 Å². The smallest absolute Gasteiger partial charge is 0.119 e. The number of ether oxygens (including phenoxy) is 1. The summed E-state index contributed by atoms with van der Waals surface area (Å²) in [4.78, 5) is 0. The lowest BCUT2D eigenvalue weighted by molar-refractivity contribution is 0.325. The molecule has 0 unspecified atom stereocenters. The van der Waals surface area contributed by atoms with Crippen molar-refractivity contribution < 1.29 is 4.74 Å². The molecule has 0 atom stereocenters. The van der Waals surface area contributed by atoms with Gasteiger partial charge in [-0.3, -0.25) is 0 Å². The van der Waals surface area contributed by atoms with Crippen molar-refractivity contribution >= 4 is 10.8 Å².